The molecule has 136 valence electrons. The fourth-order valence-electron chi connectivity index (χ4n) is 2.11. The molecule has 1 atom stereocenters. The molecule has 0 fully saturated rings. The van der Waals surface area contributed by atoms with Crippen molar-refractivity contribution in [2.24, 2.45) is 0 Å². The van der Waals surface area contributed by atoms with E-state index in [1.807, 2.05) is 18.2 Å². The quantitative estimate of drug-likeness (QED) is 0.624. The van der Waals surface area contributed by atoms with Gasteiger partial charge < -0.3 is 20.9 Å². The third-order valence-corrected chi connectivity index (χ3v) is 3.47. The molecule has 0 saturated heterocycles. The van der Waals surface area contributed by atoms with Gasteiger partial charge in [0.1, 0.15) is 24.3 Å². The van der Waals surface area contributed by atoms with Gasteiger partial charge in [-0.25, -0.2) is 4.39 Å². The molecule has 0 radical (unpaired) electrons. The molecule has 25 heavy (non-hydrogen) atoms. The Morgan fingerprint density at radius 2 is 1.88 bits per heavy atom. The van der Waals surface area contributed by atoms with Gasteiger partial charge in [0.05, 0.1) is 0 Å². The number of aryl methyl sites for hydroxylation is 1. The molecule has 0 bridgehead atoms. The normalized spacial score (nSPS) is 11.3. The van der Waals surface area contributed by atoms with Gasteiger partial charge in [0.2, 0.25) is 5.91 Å². The van der Waals surface area contributed by atoms with E-state index in [1.165, 1.54) is 24.3 Å². The zero-order chi connectivity index (χ0) is 17.4. The van der Waals surface area contributed by atoms with Gasteiger partial charge in [0.15, 0.2) is 0 Å². The topological polar surface area (TPSA) is 84.6 Å². The van der Waals surface area contributed by atoms with E-state index in [4.69, 9.17) is 10.5 Å². The van der Waals surface area contributed by atoms with E-state index >= 15 is 0 Å². The highest BCUT2D eigenvalue weighted by molar-refractivity contribution is 5.85. The molecule has 0 saturated carbocycles. The van der Waals surface area contributed by atoms with Gasteiger partial charge in [-0.3, -0.25) is 4.79 Å². The molecule has 0 spiro atoms. The summed E-state index contributed by atoms with van der Waals surface area (Å²) in [5.41, 5.74) is 7.41. The Bertz CT molecular complexity index is 668. The van der Waals surface area contributed by atoms with E-state index in [0.29, 0.717) is 24.3 Å². The minimum absolute atomic E-state index is 0. The molecule has 7 heteroatoms. The number of nitrogens with one attached hydrogen (secondary N) is 1. The second-order valence-electron chi connectivity index (χ2n) is 5.42. The Balaban J connectivity index is 0.00000312. The zero-order valence-corrected chi connectivity index (χ0v) is 14.5. The van der Waals surface area contributed by atoms with Crippen molar-refractivity contribution in [1.29, 1.82) is 0 Å². The molecule has 2 aromatic rings. The standard InChI is InChI=1S/C18H21FN2O3.ClH/c19-14-6-8-16(9-7-14)24-12-15(22)11-21-18(23)10-5-13-3-1-2-4-17(13)20;/h1-4,6-9,15,22H,5,10-12,20H2,(H,21,23);1H. The van der Waals surface area contributed by atoms with Crippen molar-refractivity contribution in [2.75, 3.05) is 18.9 Å². The number of anilines is 1. The van der Waals surface area contributed by atoms with Crippen LogP contribution < -0.4 is 15.8 Å². The van der Waals surface area contributed by atoms with Gasteiger partial charge in [-0.15, -0.1) is 12.4 Å². The summed E-state index contributed by atoms with van der Waals surface area (Å²) < 4.78 is 18.1. The molecule has 2 rings (SSSR count). The summed E-state index contributed by atoms with van der Waals surface area (Å²) in [5.74, 6) is -0.0605. The molecule has 4 N–H and O–H groups in total. The highest BCUT2D eigenvalue weighted by atomic mass is 35.5. The van der Waals surface area contributed by atoms with Gasteiger partial charge in [0.25, 0.3) is 0 Å². The molecule has 0 heterocycles. The Labute approximate surface area is 152 Å². The molecular weight excluding hydrogens is 347 g/mol. The van der Waals surface area contributed by atoms with Crippen molar-refractivity contribution in [3.63, 3.8) is 0 Å². The first-order chi connectivity index (χ1) is 11.5. The lowest BCUT2D eigenvalue weighted by Gasteiger charge is -2.13. The van der Waals surface area contributed by atoms with Gasteiger partial charge >= 0.3 is 0 Å². The van der Waals surface area contributed by atoms with Gasteiger partial charge in [-0.2, -0.15) is 0 Å². The fourth-order valence-corrected chi connectivity index (χ4v) is 2.11. The van der Waals surface area contributed by atoms with Crippen LogP contribution in [0.15, 0.2) is 48.5 Å². The van der Waals surface area contributed by atoms with Crippen molar-refractivity contribution in [3.05, 3.63) is 59.9 Å². The molecule has 2 aromatic carbocycles. The predicted octanol–water partition coefficient (Wildman–Crippen LogP) is 2.32. The van der Waals surface area contributed by atoms with Crippen LogP contribution in [0.5, 0.6) is 5.75 Å². The van der Waals surface area contributed by atoms with Crippen molar-refractivity contribution in [2.45, 2.75) is 18.9 Å². The minimum atomic E-state index is -0.846. The molecule has 1 amide bonds. The van der Waals surface area contributed by atoms with Crippen LogP contribution in [-0.4, -0.2) is 30.3 Å². The minimum Gasteiger partial charge on any atom is -0.491 e. The summed E-state index contributed by atoms with van der Waals surface area (Å²) in [6, 6.07) is 12.9. The molecule has 0 aliphatic heterocycles. The van der Waals surface area contributed by atoms with Crippen LogP contribution in [0.25, 0.3) is 0 Å². The van der Waals surface area contributed by atoms with E-state index < -0.39 is 6.10 Å². The SMILES string of the molecule is Cl.Nc1ccccc1CCC(=O)NCC(O)COc1ccc(F)cc1. The summed E-state index contributed by atoms with van der Waals surface area (Å²) >= 11 is 0. The third-order valence-electron chi connectivity index (χ3n) is 3.47. The lowest BCUT2D eigenvalue weighted by Crippen LogP contribution is -2.35. The van der Waals surface area contributed by atoms with Crippen LogP contribution in [0.1, 0.15) is 12.0 Å². The number of carbonyl (C=O) groups is 1. The summed E-state index contributed by atoms with van der Waals surface area (Å²) in [6.45, 7) is 0.0991. The maximum Gasteiger partial charge on any atom is 0.220 e. The number of para-hydroxylation sites is 1. The predicted molar refractivity (Wildman–Crippen MR) is 97.3 cm³/mol. The van der Waals surface area contributed by atoms with Gasteiger partial charge in [-0.1, -0.05) is 18.2 Å². The lowest BCUT2D eigenvalue weighted by molar-refractivity contribution is -0.121. The van der Waals surface area contributed by atoms with Crippen LogP contribution in [-0.2, 0) is 11.2 Å². The van der Waals surface area contributed by atoms with Crippen LogP contribution in [0.3, 0.4) is 0 Å². The van der Waals surface area contributed by atoms with Gasteiger partial charge in [0, 0.05) is 18.7 Å². The first-order valence-corrected chi connectivity index (χ1v) is 7.71. The monoisotopic (exact) mass is 368 g/mol. The largest absolute Gasteiger partial charge is 0.491 e. The number of nitrogen functional groups attached to an aromatic ring is 1. The number of aliphatic hydroxyl groups excluding tert-OH is 1. The molecule has 0 aromatic heterocycles. The van der Waals surface area contributed by atoms with Crippen LogP contribution in [0.4, 0.5) is 10.1 Å². The summed E-state index contributed by atoms with van der Waals surface area (Å²) in [5, 5.41) is 12.5. The van der Waals surface area contributed by atoms with E-state index in [-0.39, 0.29) is 37.3 Å². The number of ether oxygens (including phenoxy) is 1. The summed E-state index contributed by atoms with van der Waals surface area (Å²) in [4.78, 5) is 11.8. The van der Waals surface area contributed by atoms with Crippen LogP contribution in [0.2, 0.25) is 0 Å². The molecule has 1 unspecified atom stereocenters. The number of hydrogen-bond donors (Lipinski definition) is 3. The Morgan fingerprint density at radius 3 is 2.56 bits per heavy atom. The fraction of sp³-hybridized carbons (Fsp3) is 0.278. The number of rotatable bonds is 8. The molecule has 5 nitrogen and oxygen atoms in total. The number of carbonyl (C=O) groups excluding carboxylic acids is 1. The average molecular weight is 369 g/mol. The van der Waals surface area contributed by atoms with Crippen molar-refractivity contribution in [3.8, 4) is 5.75 Å². The highest BCUT2D eigenvalue weighted by Gasteiger charge is 2.09. The zero-order valence-electron chi connectivity index (χ0n) is 13.7. The number of nitrogens with two attached hydrogens (primary N) is 1. The first-order valence-electron chi connectivity index (χ1n) is 7.71. The number of aliphatic hydroxyl groups is 1. The van der Waals surface area contributed by atoms with Crippen molar-refractivity contribution in [1.82, 2.24) is 5.32 Å². The maximum atomic E-state index is 12.8. The second-order valence-corrected chi connectivity index (χ2v) is 5.42. The van der Waals surface area contributed by atoms with E-state index in [2.05, 4.69) is 5.32 Å². The van der Waals surface area contributed by atoms with Crippen molar-refractivity contribution >= 4 is 24.0 Å². The highest BCUT2D eigenvalue weighted by Crippen LogP contribution is 2.13. The van der Waals surface area contributed by atoms with Crippen molar-refractivity contribution < 1.29 is 19.0 Å². The lowest BCUT2D eigenvalue weighted by atomic mass is 10.1. The number of halogens is 2. The Kier molecular flexibility index (Phi) is 8.74. The smallest absolute Gasteiger partial charge is 0.220 e. The third kappa shape index (κ3) is 7.41. The van der Waals surface area contributed by atoms with Gasteiger partial charge in [-0.05, 0) is 42.3 Å². The Hall–Kier alpha value is -2.31. The average Bonchev–Trinajstić information content (AvgIpc) is 2.58. The number of amides is 1. The molecule has 0 aliphatic carbocycles. The van der Waals surface area contributed by atoms with E-state index in [1.54, 1.807) is 6.07 Å². The first kappa shape index (κ1) is 20.7. The van der Waals surface area contributed by atoms with Crippen LogP contribution >= 0.6 is 12.4 Å². The number of hydrogen-bond acceptors (Lipinski definition) is 4. The molecule has 0 aliphatic rings. The summed E-state index contributed by atoms with van der Waals surface area (Å²) in [7, 11) is 0. The van der Waals surface area contributed by atoms with E-state index in [0.717, 1.165) is 5.56 Å². The second kappa shape index (κ2) is 10.5. The van der Waals surface area contributed by atoms with Crippen LogP contribution in [0, 0.1) is 5.82 Å². The van der Waals surface area contributed by atoms with E-state index in [9.17, 15) is 14.3 Å². The Morgan fingerprint density at radius 1 is 1.20 bits per heavy atom. The maximum absolute atomic E-state index is 12.8. The number of benzene rings is 2. The molecular formula is C18H22ClFN2O3. The summed E-state index contributed by atoms with van der Waals surface area (Å²) in [6.07, 6.45) is -0.0127.